The molecule has 0 spiro atoms. The van der Waals surface area contributed by atoms with E-state index < -0.39 is 95.6 Å². The van der Waals surface area contributed by atoms with Gasteiger partial charge in [-0.1, -0.05) is 25.6 Å². The Morgan fingerprint density at radius 3 is 2.38 bits per heavy atom. The van der Waals surface area contributed by atoms with Gasteiger partial charge in [0, 0.05) is 36.8 Å². The molecule has 3 rings (SSSR count). The summed E-state index contributed by atoms with van der Waals surface area (Å²) in [5.41, 5.74) is 4.19. The van der Waals surface area contributed by atoms with E-state index in [2.05, 4.69) is 34.4 Å². The van der Waals surface area contributed by atoms with Gasteiger partial charge >= 0.3 is 29.4 Å². The molecule has 308 valence electrons. The lowest BCUT2D eigenvalue weighted by Gasteiger charge is -2.30. The van der Waals surface area contributed by atoms with Crippen LogP contribution in [0.15, 0.2) is 24.8 Å². The van der Waals surface area contributed by atoms with Gasteiger partial charge in [0.25, 0.3) is 0 Å². The molecule has 0 aromatic carbocycles. The lowest BCUT2D eigenvalue weighted by molar-refractivity contribution is -0.137. The summed E-state index contributed by atoms with van der Waals surface area (Å²) >= 11 is 0.762. The standard InChI is InChI=1S/C25H38N7O19P3S/c1-25(2,20(38)23(39)28-6-5-14(33)27-7-8-55-16(36)4-3-15(34)35)10-48-54(45,46)51-53(43,44)47-9-13-19(50-52(40,41)42)18(37)24(49-13)32-12-31-17-21(26)29-11-30-22(17)32/h3-4,11-13,18-20,24,37-38H,5-10H2,1-2H3,(H,27,33)(H,28,39)(H,34,35)(H,43,44)(H,45,46)(H2,26,29,30)(H2,40,41,42). The number of nitrogens with zero attached hydrogens (tertiary/aromatic N) is 4. The van der Waals surface area contributed by atoms with Gasteiger partial charge < -0.3 is 56.0 Å². The minimum Gasteiger partial charge on any atom is -0.478 e. The zero-order valence-corrected chi connectivity index (χ0v) is 32.1. The van der Waals surface area contributed by atoms with Crippen LogP contribution in [0, 0.1) is 5.41 Å². The van der Waals surface area contributed by atoms with Gasteiger partial charge in [-0.3, -0.25) is 32.5 Å². The Balaban J connectivity index is 1.50. The molecule has 2 aromatic rings. The molecule has 1 fully saturated rings. The van der Waals surface area contributed by atoms with E-state index >= 15 is 0 Å². The zero-order valence-electron chi connectivity index (χ0n) is 28.6. The number of amides is 2. The summed E-state index contributed by atoms with van der Waals surface area (Å²) in [6.07, 6.45) is -5.59. The molecule has 7 unspecified atom stereocenters. The van der Waals surface area contributed by atoms with Crippen LogP contribution in [0.1, 0.15) is 26.5 Å². The number of hydrogen-bond acceptors (Lipinski definition) is 19. The second-order valence-electron chi connectivity index (χ2n) is 11.9. The van der Waals surface area contributed by atoms with E-state index in [9.17, 15) is 62.7 Å². The quantitative estimate of drug-likeness (QED) is 0.0380. The number of carboxylic acids is 1. The number of aliphatic hydroxyl groups excluding tert-OH is 2. The van der Waals surface area contributed by atoms with Crippen molar-refractivity contribution in [1.82, 2.24) is 30.2 Å². The van der Waals surface area contributed by atoms with E-state index in [0.29, 0.717) is 6.08 Å². The highest BCUT2D eigenvalue weighted by atomic mass is 32.2. The molecule has 0 bridgehead atoms. The van der Waals surface area contributed by atoms with E-state index in [-0.39, 0.29) is 42.2 Å². The van der Waals surface area contributed by atoms with E-state index in [1.54, 1.807) is 0 Å². The third-order valence-corrected chi connectivity index (χ3v) is 11.0. The van der Waals surface area contributed by atoms with Crippen LogP contribution in [0.2, 0.25) is 0 Å². The van der Waals surface area contributed by atoms with Crippen molar-refractivity contribution in [1.29, 1.82) is 0 Å². The largest absolute Gasteiger partial charge is 0.481 e. The summed E-state index contributed by atoms with van der Waals surface area (Å²) < 4.78 is 61.9. The molecule has 7 atom stereocenters. The van der Waals surface area contributed by atoms with Crippen LogP contribution in [-0.4, -0.2) is 134 Å². The number of rotatable bonds is 21. The first-order valence-electron chi connectivity index (χ1n) is 15.4. The van der Waals surface area contributed by atoms with E-state index in [0.717, 1.165) is 35.1 Å². The number of carbonyl (C=O) groups is 4. The van der Waals surface area contributed by atoms with Gasteiger partial charge in [-0.15, -0.1) is 0 Å². The number of nitrogens with two attached hydrogens (primary N) is 1. The summed E-state index contributed by atoms with van der Waals surface area (Å²) in [6.45, 7) is 0.151. The fourth-order valence-electron chi connectivity index (χ4n) is 4.47. The Bertz CT molecular complexity index is 1890. The maximum Gasteiger partial charge on any atom is 0.481 e. The van der Waals surface area contributed by atoms with Crippen molar-refractivity contribution in [2.75, 3.05) is 37.8 Å². The second kappa shape index (κ2) is 19.3. The van der Waals surface area contributed by atoms with Crippen molar-refractivity contribution in [3.8, 4) is 0 Å². The number of anilines is 1. The summed E-state index contributed by atoms with van der Waals surface area (Å²) in [7, 11) is -16.4. The molecule has 0 aliphatic carbocycles. The van der Waals surface area contributed by atoms with E-state index in [1.165, 1.54) is 13.8 Å². The first-order chi connectivity index (χ1) is 25.4. The Labute approximate surface area is 314 Å². The van der Waals surface area contributed by atoms with Gasteiger partial charge in [-0.25, -0.2) is 33.4 Å². The Hall–Kier alpha value is -3.23. The van der Waals surface area contributed by atoms with Crippen LogP contribution in [0.3, 0.4) is 0 Å². The molecule has 30 heteroatoms. The van der Waals surface area contributed by atoms with Gasteiger partial charge in [-0.05, 0) is 6.08 Å². The van der Waals surface area contributed by atoms with E-state index in [1.807, 2.05) is 0 Å². The molecule has 11 N–H and O–H groups in total. The number of nitrogens with one attached hydrogen (secondary N) is 2. The number of thioether (sulfide) groups is 1. The number of aliphatic carboxylic acids is 1. The van der Waals surface area contributed by atoms with Crippen molar-refractivity contribution < 1.29 is 90.4 Å². The average molecular weight is 866 g/mol. The van der Waals surface area contributed by atoms with Gasteiger partial charge in [0.2, 0.25) is 16.9 Å². The Morgan fingerprint density at radius 1 is 1.05 bits per heavy atom. The summed E-state index contributed by atoms with van der Waals surface area (Å²) in [5.74, 6) is -2.77. The molecular weight excluding hydrogens is 827 g/mol. The van der Waals surface area contributed by atoms with Crippen molar-refractivity contribution in [3.63, 3.8) is 0 Å². The van der Waals surface area contributed by atoms with Crippen LogP contribution in [0.5, 0.6) is 0 Å². The van der Waals surface area contributed by atoms with Gasteiger partial charge in [0.05, 0.1) is 19.5 Å². The van der Waals surface area contributed by atoms with Crippen LogP contribution >= 0.6 is 35.2 Å². The topological polar surface area (TPSA) is 401 Å². The molecule has 55 heavy (non-hydrogen) atoms. The number of hydrogen-bond donors (Lipinski definition) is 10. The number of carboxylic acid groups (broad SMARTS) is 1. The summed E-state index contributed by atoms with van der Waals surface area (Å²) in [5, 5.41) is 34.1. The number of imidazole rings is 1. The number of carbonyl (C=O) groups excluding carboxylic acids is 3. The molecule has 3 heterocycles. The molecule has 1 aliphatic heterocycles. The number of aromatic nitrogens is 4. The third kappa shape index (κ3) is 14.3. The van der Waals surface area contributed by atoms with Crippen molar-refractivity contribution in [2.24, 2.45) is 5.41 Å². The first kappa shape index (κ1) is 46.2. The summed E-state index contributed by atoms with van der Waals surface area (Å²) in [4.78, 5) is 97.1. The predicted molar refractivity (Wildman–Crippen MR) is 184 cm³/mol. The average Bonchev–Trinajstić information content (AvgIpc) is 3.63. The smallest absolute Gasteiger partial charge is 0.478 e. The number of phosphoric ester groups is 3. The van der Waals surface area contributed by atoms with Crippen molar-refractivity contribution >= 4 is 75.1 Å². The molecule has 0 radical (unpaired) electrons. The Morgan fingerprint density at radius 2 is 1.73 bits per heavy atom. The molecule has 1 aliphatic rings. The highest BCUT2D eigenvalue weighted by molar-refractivity contribution is 8.14. The lowest BCUT2D eigenvalue weighted by Crippen LogP contribution is -2.46. The number of ether oxygens (including phenoxy) is 1. The van der Waals surface area contributed by atoms with Crippen LogP contribution in [-0.2, 0) is 55.5 Å². The monoisotopic (exact) mass is 865 g/mol. The molecule has 0 saturated carbocycles. The van der Waals surface area contributed by atoms with Gasteiger partial charge in [0.15, 0.2) is 17.7 Å². The number of aliphatic hydroxyl groups is 2. The fraction of sp³-hybridized carbons (Fsp3) is 0.560. The fourth-order valence-corrected chi connectivity index (χ4v) is 7.87. The highest BCUT2D eigenvalue weighted by Gasteiger charge is 2.50. The van der Waals surface area contributed by atoms with Crippen molar-refractivity contribution in [2.45, 2.75) is 50.9 Å². The van der Waals surface area contributed by atoms with Crippen LogP contribution in [0.4, 0.5) is 5.82 Å². The van der Waals surface area contributed by atoms with Gasteiger partial charge in [0.1, 0.15) is 36.3 Å². The van der Waals surface area contributed by atoms with Gasteiger partial charge in [-0.2, -0.15) is 4.31 Å². The normalized spacial score (nSPS) is 21.9. The maximum absolute atomic E-state index is 12.6. The second-order valence-corrected chi connectivity index (χ2v) is 17.2. The predicted octanol–water partition coefficient (Wildman–Crippen LogP) is -1.69. The zero-order chi connectivity index (χ0) is 41.4. The molecule has 26 nitrogen and oxygen atoms in total. The highest BCUT2D eigenvalue weighted by Crippen LogP contribution is 2.61. The summed E-state index contributed by atoms with van der Waals surface area (Å²) in [6, 6.07) is 0. The Kier molecular flexibility index (Phi) is 16.2. The lowest BCUT2D eigenvalue weighted by atomic mass is 9.87. The molecule has 2 aromatic heterocycles. The minimum atomic E-state index is -5.59. The van der Waals surface area contributed by atoms with Crippen LogP contribution in [0.25, 0.3) is 11.2 Å². The number of fused-ring (bicyclic) bond motifs is 1. The molecule has 1 saturated heterocycles. The van der Waals surface area contributed by atoms with Crippen molar-refractivity contribution in [3.05, 3.63) is 24.8 Å². The third-order valence-electron chi connectivity index (χ3n) is 7.11. The molecular formula is C25H38N7O19P3S. The minimum absolute atomic E-state index is 0.0182. The SMILES string of the molecule is CC(C)(COP(=O)(O)OP(=O)(O)OCC1OC(n2cnc3c(N)ncnc32)C(O)C1OP(=O)(O)O)C(O)C(=O)NCCC(=O)NCCSC(=O)C=CC(=O)O. The van der Waals surface area contributed by atoms with E-state index in [4.69, 9.17) is 24.6 Å². The maximum atomic E-state index is 12.6. The van der Waals surface area contributed by atoms with Crippen LogP contribution < -0.4 is 16.4 Å². The number of phosphoric acid groups is 3. The first-order valence-corrected chi connectivity index (χ1v) is 20.9. The number of nitrogen functional groups attached to an aromatic ring is 1. The molecule has 2 amide bonds.